The number of aromatic nitrogens is 2. The molecule has 1 N–H and O–H groups in total. The number of nitrogens with zero attached hydrogens (tertiary/aromatic N) is 2. The number of benzene rings is 1. The van der Waals surface area contributed by atoms with Gasteiger partial charge in [-0.2, -0.15) is 0 Å². The van der Waals surface area contributed by atoms with Gasteiger partial charge in [-0.15, -0.1) is 11.3 Å². The molecule has 1 aliphatic heterocycles. The van der Waals surface area contributed by atoms with Crippen molar-refractivity contribution in [3.8, 4) is 22.8 Å². The Morgan fingerprint density at radius 1 is 1.08 bits per heavy atom. The predicted octanol–water partition coefficient (Wildman–Crippen LogP) is 2.45. The average molecular weight is 389 g/mol. The monoisotopic (exact) mass is 389 g/mol. The Labute approximate surface area is 154 Å². The highest BCUT2D eigenvalue weighted by Crippen LogP contribution is 2.32. The molecule has 0 aliphatic carbocycles. The highest BCUT2D eigenvalue weighted by Gasteiger charge is 2.19. The third-order valence-electron chi connectivity index (χ3n) is 3.77. The van der Waals surface area contributed by atoms with Crippen LogP contribution in [0.5, 0.6) is 11.5 Å². The van der Waals surface area contributed by atoms with Gasteiger partial charge in [-0.1, -0.05) is 0 Å². The van der Waals surface area contributed by atoms with Crippen molar-refractivity contribution in [1.29, 1.82) is 0 Å². The van der Waals surface area contributed by atoms with Crippen LogP contribution in [0.1, 0.15) is 5.01 Å². The Bertz CT molecular complexity index is 1020. The Balaban J connectivity index is 1.48. The first-order chi connectivity index (χ1) is 12.6. The average Bonchev–Trinajstić information content (AvgIpc) is 3.16. The van der Waals surface area contributed by atoms with Crippen LogP contribution in [-0.4, -0.2) is 31.6 Å². The predicted molar refractivity (Wildman–Crippen MR) is 96.8 cm³/mol. The van der Waals surface area contributed by atoms with Crippen LogP contribution in [0, 0.1) is 0 Å². The van der Waals surface area contributed by atoms with Crippen LogP contribution in [0.3, 0.4) is 0 Å². The number of nitrogens with one attached hydrogen (secondary N) is 1. The SMILES string of the molecule is O=S(=O)(NCc1nc(-c2ccncc2)cs1)c1ccc2c(c1)OCCO2. The highest BCUT2D eigenvalue weighted by atomic mass is 32.2. The summed E-state index contributed by atoms with van der Waals surface area (Å²) in [5.41, 5.74) is 1.74. The minimum Gasteiger partial charge on any atom is -0.486 e. The van der Waals surface area contributed by atoms with E-state index < -0.39 is 10.0 Å². The second-order valence-electron chi connectivity index (χ2n) is 5.49. The number of ether oxygens (including phenoxy) is 2. The van der Waals surface area contributed by atoms with Crippen LogP contribution >= 0.6 is 11.3 Å². The maximum absolute atomic E-state index is 12.5. The third kappa shape index (κ3) is 3.55. The van der Waals surface area contributed by atoms with Gasteiger partial charge in [0.15, 0.2) is 11.5 Å². The van der Waals surface area contributed by atoms with E-state index in [-0.39, 0.29) is 11.4 Å². The minimum atomic E-state index is -3.68. The Morgan fingerprint density at radius 3 is 2.65 bits per heavy atom. The van der Waals surface area contributed by atoms with Gasteiger partial charge in [-0.25, -0.2) is 18.1 Å². The lowest BCUT2D eigenvalue weighted by Crippen LogP contribution is -2.23. The lowest BCUT2D eigenvalue weighted by atomic mass is 10.2. The van der Waals surface area contributed by atoms with E-state index >= 15 is 0 Å². The van der Waals surface area contributed by atoms with Crippen LogP contribution in [-0.2, 0) is 16.6 Å². The van der Waals surface area contributed by atoms with Crippen molar-refractivity contribution in [2.45, 2.75) is 11.4 Å². The molecule has 3 aromatic rings. The topological polar surface area (TPSA) is 90.4 Å². The zero-order chi connectivity index (χ0) is 18.0. The van der Waals surface area contributed by atoms with E-state index in [2.05, 4.69) is 14.7 Å². The summed E-state index contributed by atoms with van der Waals surface area (Å²) in [6.45, 7) is 0.981. The molecule has 0 saturated heterocycles. The van der Waals surface area contributed by atoms with Gasteiger partial charge in [0.05, 0.1) is 17.1 Å². The van der Waals surface area contributed by atoms with Crippen LogP contribution in [0.2, 0.25) is 0 Å². The van der Waals surface area contributed by atoms with Crippen molar-refractivity contribution in [1.82, 2.24) is 14.7 Å². The fourth-order valence-corrected chi connectivity index (χ4v) is 4.32. The molecule has 1 aliphatic rings. The van der Waals surface area contributed by atoms with Crippen LogP contribution in [0.25, 0.3) is 11.3 Å². The number of thiazole rings is 1. The van der Waals surface area contributed by atoms with Crippen molar-refractivity contribution < 1.29 is 17.9 Å². The summed E-state index contributed by atoms with van der Waals surface area (Å²) in [5, 5.41) is 2.57. The summed E-state index contributed by atoms with van der Waals surface area (Å²) < 4.78 is 38.5. The molecule has 9 heteroatoms. The van der Waals surface area contributed by atoms with Gasteiger partial charge < -0.3 is 9.47 Å². The first kappa shape index (κ1) is 17.0. The summed E-state index contributed by atoms with van der Waals surface area (Å²) in [5.74, 6) is 0.991. The molecule has 0 saturated carbocycles. The van der Waals surface area contributed by atoms with Gasteiger partial charge in [-0.3, -0.25) is 4.98 Å². The number of hydrogen-bond acceptors (Lipinski definition) is 7. The maximum atomic E-state index is 12.5. The lowest BCUT2D eigenvalue weighted by molar-refractivity contribution is 0.171. The Kier molecular flexibility index (Phi) is 4.58. The van der Waals surface area contributed by atoms with E-state index in [4.69, 9.17) is 9.47 Å². The molecule has 0 fully saturated rings. The van der Waals surface area contributed by atoms with Gasteiger partial charge in [0, 0.05) is 29.4 Å². The minimum absolute atomic E-state index is 0.118. The number of pyridine rings is 1. The molecule has 26 heavy (non-hydrogen) atoms. The standard InChI is InChI=1S/C17H15N3O4S2/c21-26(22,13-1-2-15-16(9-13)24-8-7-23-15)19-10-17-20-14(11-25-17)12-3-5-18-6-4-12/h1-6,9,11,19H,7-8,10H2. The van der Waals surface area contributed by atoms with E-state index in [9.17, 15) is 8.42 Å². The van der Waals surface area contributed by atoms with Crippen molar-refractivity contribution in [3.05, 3.63) is 53.1 Å². The van der Waals surface area contributed by atoms with Crippen LogP contribution in [0.15, 0.2) is 53.0 Å². The fraction of sp³-hybridized carbons (Fsp3) is 0.176. The van der Waals surface area contributed by atoms with Crippen LogP contribution in [0.4, 0.5) is 0 Å². The van der Waals surface area contributed by atoms with Gasteiger partial charge in [-0.05, 0) is 24.3 Å². The van der Waals surface area contributed by atoms with E-state index in [1.54, 1.807) is 18.5 Å². The molecule has 0 bridgehead atoms. The van der Waals surface area contributed by atoms with E-state index in [1.807, 2.05) is 17.5 Å². The fourth-order valence-electron chi connectivity index (χ4n) is 2.48. The number of sulfonamides is 1. The molecule has 3 heterocycles. The molecule has 0 amide bonds. The van der Waals surface area contributed by atoms with Crippen molar-refractivity contribution in [2.75, 3.05) is 13.2 Å². The van der Waals surface area contributed by atoms with Crippen molar-refractivity contribution >= 4 is 21.4 Å². The smallest absolute Gasteiger partial charge is 0.241 e. The molecule has 4 rings (SSSR count). The molecule has 0 atom stereocenters. The van der Waals surface area contributed by atoms with E-state index in [1.165, 1.54) is 23.5 Å². The lowest BCUT2D eigenvalue weighted by Gasteiger charge is -2.18. The molecule has 1 aromatic carbocycles. The number of hydrogen-bond donors (Lipinski definition) is 1. The first-order valence-corrected chi connectivity index (χ1v) is 10.2. The zero-order valence-corrected chi connectivity index (χ0v) is 15.2. The number of fused-ring (bicyclic) bond motifs is 1. The summed E-state index contributed by atoms with van der Waals surface area (Å²) in [4.78, 5) is 8.57. The molecule has 0 spiro atoms. The van der Waals surface area contributed by atoms with Crippen molar-refractivity contribution in [3.63, 3.8) is 0 Å². The molecule has 0 radical (unpaired) electrons. The quantitative estimate of drug-likeness (QED) is 0.721. The largest absolute Gasteiger partial charge is 0.486 e. The van der Waals surface area contributed by atoms with Gasteiger partial charge in [0.1, 0.15) is 18.2 Å². The molecule has 134 valence electrons. The third-order valence-corrected chi connectivity index (χ3v) is 6.01. The molecule has 2 aromatic heterocycles. The normalized spacial score (nSPS) is 13.5. The second kappa shape index (κ2) is 7.02. The first-order valence-electron chi connectivity index (χ1n) is 7.86. The summed E-state index contributed by atoms with van der Waals surface area (Å²) in [6.07, 6.45) is 3.39. The Morgan fingerprint density at radius 2 is 1.85 bits per heavy atom. The zero-order valence-electron chi connectivity index (χ0n) is 13.6. The van der Waals surface area contributed by atoms with E-state index in [0.29, 0.717) is 29.7 Å². The number of rotatable bonds is 5. The van der Waals surface area contributed by atoms with Crippen molar-refractivity contribution in [2.24, 2.45) is 0 Å². The highest BCUT2D eigenvalue weighted by molar-refractivity contribution is 7.89. The molecule has 0 unspecified atom stereocenters. The molecule has 7 nitrogen and oxygen atoms in total. The van der Waals surface area contributed by atoms with Gasteiger partial charge in [0.2, 0.25) is 10.0 Å². The molecular formula is C17H15N3O4S2. The Hall–Kier alpha value is -2.49. The van der Waals surface area contributed by atoms with Crippen LogP contribution < -0.4 is 14.2 Å². The molecular weight excluding hydrogens is 374 g/mol. The summed E-state index contributed by atoms with van der Waals surface area (Å²) in [6, 6.07) is 8.30. The summed E-state index contributed by atoms with van der Waals surface area (Å²) in [7, 11) is -3.68. The summed E-state index contributed by atoms with van der Waals surface area (Å²) >= 11 is 1.40. The van der Waals surface area contributed by atoms with Gasteiger partial charge >= 0.3 is 0 Å². The van der Waals surface area contributed by atoms with E-state index in [0.717, 1.165) is 11.3 Å². The van der Waals surface area contributed by atoms with Gasteiger partial charge in [0.25, 0.3) is 0 Å². The second-order valence-corrected chi connectivity index (χ2v) is 8.20. The maximum Gasteiger partial charge on any atom is 0.241 e.